The molecule has 0 amide bonds. The number of hydrogen-bond donors (Lipinski definition) is 1. The maximum absolute atomic E-state index is 8.43. The highest BCUT2D eigenvalue weighted by Crippen LogP contribution is 2.21. The molecule has 0 aromatic carbocycles. The van der Waals surface area contributed by atoms with Gasteiger partial charge in [-0.25, -0.2) is 0 Å². The fraction of sp³-hybridized carbons (Fsp3) is 0.429. The lowest BCUT2D eigenvalue weighted by molar-refractivity contribution is -0.0750. The van der Waals surface area contributed by atoms with Gasteiger partial charge in [0, 0.05) is 6.08 Å². The molecule has 1 fully saturated rings. The number of aliphatic hydroxyl groups is 1. The number of aliphatic hydroxyl groups excluding tert-OH is 1. The van der Waals surface area contributed by atoms with E-state index in [1.165, 1.54) is 12.2 Å². The normalized spacial score (nSPS) is 23.6. The maximum Gasteiger partial charge on any atom is 0.211 e. The standard InChI is InChI=1S/C7H10O3/c1-2-7(3-4-8)9-5-6-10-7/h2-4,8H,1,5-6H2/b4-3+. The van der Waals surface area contributed by atoms with Crippen molar-refractivity contribution in [1.29, 1.82) is 0 Å². The molecule has 1 aliphatic rings. The first kappa shape index (κ1) is 7.31. The maximum atomic E-state index is 8.43. The molecule has 3 nitrogen and oxygen atoms in total. The van der Waals surface area contributed by atoms with Crippen LogP contribution in [0, 0.1) is 0 Å². The number of hydrogen-bond acceptors (Lipinski definition) is 3. The Morgan fingerprint density at radius 3 is 2.40 bits per heavy atom. The van der Waals surface area contributed by atoms with Crippen molar-refractivity contribution >= 4 is 0 Å². The second-order valence-corrected chi connectivity index (χ2v) is 1.94. The van der Waals surface area contributed by atoms with Gasteiger partial charge in [0.25, 0.3) is 0 Å². The van der Waals surface area contributed by atoms with Gasteiger partial charge in [0.05, 0.1) is 19.5 Å². The van der Waals surface area contributed by atoms with E-state index in [-0.39, 0.29) is 0 Å². The predicted octanol–water partition coefficient (Wildman–Crippen LogP) is 0.987. The Morgan fingerprint density at radius 1 is 1.40 bits per heavy atom. The minimum absolute atomic E-state index is 0.538. The van der Waals surface area contributed by atoms with Crippen molar-refractivity contribution in [3.63, 3.8) is 0 Å². The Kier molecular flexibility index (Phi) is 2.09. The van der Waals surface area contributed by atoms with E-state index in [9.17, 15) is 0 Å². The summed E-state index contributed by atoms with van der Waals surface area (Å²) < 4.78 is 10.3. The molecule has 10 heavy (non-hydrogen) atoms. The highest BCUT2D eigenvalue weighted by atomic mass is 16.7. The van der Waals surface area contributed by atoms with Gasteiger partial charge in [0.2, 0.25) is 5.79 Å². The van der Waals surface area contributed by atoms with Crippen molar-refractivity contribution in [2.75, 3.05) is 13.2 Å². The van der Waals surface area contributed by atoms with Crippen molar-refractivity contribution in [1.82, 2.24) is 0 Å². The minimum atomic E-state index is -0.880. The molecule has 0 aliphatic carbocycles. The summed E-state index contributed by atoms with van der Waals surface area (Å²) in [6, 6.07) is 0. The fourth-order valence-electron chi connectivity index (χ4n) is 0.830. The van der Waals surface area contributed by atoms with Crippen LogP contribution in [0.1, 0.15) is 0 Å². The first-order valence-electron chi connectivity index (χ1n) is 3.06. The van der Waals surface area contributed by atoms with Crippen LogP contribution < -0.4 is 0 Å². The summed E-state index contributed by atoms with van der Waals surface area (Å²) in [5, 5.41) is 8.43. The van der Waals surface area contributed by atoms with Crippen molar-refractivity contribution in [3.05, 3.63) is 25.0 Å². The topological polar surface area (TPSA) is 38.7 Å². The van der Waals surface area contributed by atoms with Crippen molar-refractivity contribution in [2.45, 2.75) is 5.79 Å². The summed E-state index contributed by atoms with van der Waals surface area (Å²) in [6.07, 6.45) is 3.81. The largest absolute Gasteiger partial charge is 0.516 e. The zero-order chi connectivity index (χ0) is 7.45. The van der Waals surface area contributed by atoms with Crippen LogP contribution in [-0.4, -0.2) is 24.1 Å². The fourth-order valence-corrected chi connectivity index (χ4v) is 0.830. The first-order valence-corrected chi connectivity index (χ1v) is 3.06. The highest BCUT2D eigenvalue weighted by molar-refractivity contribution is 5.05. The summed E-state index contributed by atoms with van der Waals surface area (Å²) >= 11 is 0. The molecule has 1 saturated heterocycles. The van der Waals surface area contributed by atoms with Gasteiger partial charge < -0.3 is 14.6 Å². The molecule has 56 valence electrons. The van der Waals surface area contributed by atoms with Crippen LogP contribution in [0.15, 0.2) is 25.0 Å². The van der Waals surface area contributed by atoms with Crippen LogP contribution in [-0.2, 0) is 9.47 Å². The summed E-state index contributed by atoms with van der Waals surface area (Å²) in [4.78, 5) is 0. The molecule has 0 atom stereocenters. The van der Waals surface area contributed by atoms with Gasteiger partial charge >= 0.3 is 0 Å². The molecule has 1 aliphatic heterocycles. The van der Waals surface area contributed by atoms with E-state index in [1.807, 2.05) is 0 Å². The Morgan fingerprint density at radius 2 is 2.00 bits per heavy atom. The second kappa shape index (κ2) is 2.86. The smallest absolute Gasteiger partial charge is 0.211 e. The monoisotopic (exact) mass is 142 g/mol. The molecule has 1 rings (SSSR count). The molecule has 0 saturated carbocycles. The molecule has 0 bridgehead atoms. The quantitative estimate of drug-likeness (QED) is 0.461. The summed E-state index contributed by atoms with van der Waals surface area (Å²) in [7, 11) is 0. The van der Waals surface area contributed by atoms with Crippen molar-refractivity contribution in [3.8, 4) is 0 Å². The van der Waals surface area contributed by atoms with E-state index in [0.29, 0.717) is 13.2 Å². The first-order chi connectivity index (χ1) is 4.83. The number of rotatable bonds is 2. The molecular formula is C7H10O3. The third kappa shape index (κ3) is 1.20. The van der Waals surface area contributed by atoms with E-state index >= 15 is 0 Å². The SMILES string of the molecule is C=CC1(/C=C/O)OCCO1. The van der Waals surface area contributed by atoms with Crippen LogP contribution in [0.25, 0.3) is 0 Å². The van der Waals surface area contributed by atoms with Gasteiger partial charge in [-0.2, -0.15) is 0 Å². The Bertz CT molecular complexity index is 145. The number of ether oxygens (including phenoxy) is 2. The van der Waals surface area contributed by atoms with E-state index in [0.717, 1.165) is 6.26 Å². The van der Waals surface area contributed by atoms with Crippen LogP contribution in [0.4, 0.5) is 0 Å². The van der Waals surface area contributed by atoms with Crippen LogP contribution in [0.5, 0.6) is 0 Å². The molecule has 1 heterocycles. The van der Waals surface area contributed by atoms with Gasteiger partial charge in [-0.05, 0) is 6.08 Å². The Balaban J connectivity index is 2.66. The minimum Gasteiger partial charge on any atom is -0.516 e. The second-order valence-electron chi connectivity index (χ2n) is 1.94. The predicted molar refractivity (Wildman–Crippen MR) is 36.6 cm³/mol. The third-order valence-corrected chi connectivity index (χ3v) is 1.33. The van der Waals surface area contributed by atoms with Gasteiger partial charge in [0.1, 0.15) is 0 Å². The van der Waals surface area contributed by atoms with Crippen LogP contribution in [0.2, 0.25) is 0 Å². The van der Waals surface area contributed by atoms with E-state index in [1.54, 1.807) is 0 Å². The lowest BCUT2D eigenvalue weighted by Gasteiger charge is -2.17. The Labute approximate surface area is 59.6 Å². The summed E-state index contributed by atoms with van der Waals surface area (Å²) in [5.41, 5.74) is 0. The Hall–Kier alpha value is -0.800. The van der Waals surface area contributed by atoms with E-state index in [4.69, 9.17) is 14.6 Å². The van der Waals surface area contributed by atoms with E-state index in [2.05, 4.69) is 6.58 Å². The molecule has 0 aromatic rings. The molecule has 3 heteroatoms. The van der Waals surface area contributed by atoms with Gasteiger partial charge in [0.15, 0.2) is 0 Å². The average molecular weight is 142 g/mol. The van der Waals surface area contributed by atoms with Gasteiger partial charge in [-0.15, -0.1) is 0 Å². The van der Waals surface area contributed by atoms with Crippen LogP contribution in [0.3, 0.4) is 0 Å². The third-order valence-electron chi connectivity index (χ3n) is 1.33. The molecule has 0 radical (unpaired) electrons. The van der Waals surface area contributed by atoms with E-state index < -0.39 is 5.79 Å². The molecular weight excluding hydrogens is 132 g/mol. The van der Waals surface area contributed by atoms with Crippen LogP contribution >= 0.6 is 0 Å². The van der Waals surface area contributed by atoms with Gasteiger partial charge in [-0.3, -0.25) is 0 Å². The molecule has 0 aromatic heterocycles. The molecule has 1 N–H and O–H groups in total. The lowest BCUT2D eigenvalue weighted by Crippen LogP contribution is -2.23. The van der Waals surface area contributed by atoms with Gasteiger partial charge in [-0.1, -0.05) is 6.58 Å². The summed E-state index contributed by atoms with van der Waals surface area (Å²) in [6.45, 7) is 4.60. The van der Waals surface area contributed by atoms with Crippen molar-refractivity contribution in [2.24, 2.45) is 0 Å². The molecule has 0 unspecified atom stereocenters. The zero-order valence-corrected chi connectivity index (χ0v) is 5.62. The average Bonchev–Trinajstić information content (AvgIpc) is 2.39. The summed E-state index contributed by atoms with van der Waals surface area (Å²) in [5.74, 6) is -0.880. The highest BCUT2D eigenvalue weighted by Gasteiger charge is 2.29. The lowest BCUT2D eigenvalue weighted by atomic mass is 10.3. The zero-order valence-electron chi connectivity index (χ0n) is 5.62. The molecule has 0 spiro atoms. The van der Waals surface area contributed by atoms with Crippen molar-refractivity contribution < 1.29 is 14.6 Å².